The molecule has 162 valence electrons. The van der Waals surface area contributed by atoms with Crippen molar-refractivity contribution in [1.29, 1.82) is 0 Å². The van der Waals surface area contributed by atoms with Gasteiger partial charge in [0.25, 0.3) is 0 Å². The third-order valence-corrected chi connectivity index (χ3v) is 6.02. The summed E-state index contributed by atoms with van der Waals surface area (Å²) in [6, 6.07) is 3.64. The number of hydrogen-bond donors (Lipinski definition) is 3. The Kier molecular flexibility index (Phi) is 5.78. The largest absolute Gasteiger partial charge is 0.449 e. The Morgan fingerprint density at radius 1 is 1.27 bits per heavy atom. The predicted octanol–water partition coefficient (Wildman–Crippen LogP) is 3.44. The van der Waals surface area contributed by atoms with E-state index in [4.69, 9.17) is 9.26 Å². The quantitative estimate of drug-likeness (QED) is 0.637. The van der Waals surface area contributed by atoms with Gasteiger partial charge in [0.05, 0.1) is 18.7 Å². The van der Waals surface area contributed by atoms with Gasteiger partial charge in [0, 0.05) is 29.3 Å². The van der Waals surface area contributed by atoms with Crippen LogP contribution in [0.4, 0.5) is 10.6 Å². The summed E-state index contributed by atoms with van der Waals surface area (Å²) in [7, 11) is 0. The van der Waals surface area contributed by atoms with Crippen LogP contribution in [0.25, 0.3) is 0 Å². The van der Waals surface area contributed by atoms with Crippen molar-refractivity contribution in [1.82, 2.24) is 20.7 Å². The summed E-state index contributed by atoms with van der Waals surface area (Å²) in [6.07, 6.45) is 5.88. The molecule has 2 saturated carbocycles. The van der Waals surface area contributed by atoms with Crippen LogP contribution in [-0.2, 0) is 16.0 Å². The molecule has 0 bridgehead atoms. The van der Waals surface area contributed by atoms with Crippen LogP contribution in [0, 0.1) is 12.8 Å². The zero-order valence-electron chi connectivity index (χ0n) is 17.5. The average molecular weight is 415 g/mol. The number of carbonyl (C=O) groups excluding carboxylic acids is 2. The summed E-state index contributed by atoms with van der Waals surface area (Å²) < 4.78 is 10.5. The molecular weight excluding hydrogens is 386 g/mol. The van der Waals surface area contributed by atoms with Crippen LogP contribution in [0.1, 0.15) is 68.5 Å². The second kappa shape index (κ2) is 8.49. The molecule has 0 unspecified atom stereocenters. The maximum Gasteiger partial charge on any atom is 0.407 e. The highest BCUT2D eigenvalue weighted by Crippen LogP contribution is 2.36. The van der Waals surface area contributed by atoms with E-state index in [-0.39, 0.29) is 24.0 Å². The van der Waals surface area contributed by atoms with Gasteiger partial charge in [-0.2, -0.15) is 5.10 Å². The first-order chi connectivity index (χ1) is 14.4. The Hall–Kier alpha value is -2.84. The molecule has 0 saturated heterocycles. The van der Waals surface area contributed by atoms with E-state index in [1.54, 1.807) is 6.07 Å². The van der Waals surface area contributed by atoms with Gasteiger partial charge < -0.3 is 19.9 Å². The van der Waals surface area contributed by atoms with E-state index in [1.165, 1.54) is 0 Å². The molecule has 0 spiro atoms. The highest BCUT2D eigenvalue weighted by Gasteiger charge is 2.39. The topological polar surface area (TPSA) is 122 Å². The SMILES string of the molecule is Cc1cc(CC(=O)Nc2cc(C3CCC(COC(=O)NC4(C)CC4)CC3)[nH]n2)on1. The van der Waals surface area contributed by atoms with Gasteiger partial charge in [-0.3, -0.25) is 9.89 Å². The van der Waals surface area contributed by atoms with E-state index in [0.29, 0.717) is 30.0 Å². The van der Waals surface area contributed by atoms with Gasteiger partial charge in [0.2, 0.25) is 5.91 Å². The molecule has 2 aromatic heterocycles. The van der Waals surface area contributed by atoms with Crippen molar-refractivity contribution in [2.45, 2.75) is 70.3 Å². The molecule has 4 rings (SSSR count). The minimum atomic E-state index is -0.299. The number of ether oxygens (including phenoxy) is 1. The number of nitrogens with zero attached hydrogens (tertiary/aromatic N) is 2. The van der Waals surface area contributed by atoms with E-state index in [1.807, 2.05) is 19.9 Å². The molecule has 0 aliphatic heterocycles. The van der Waals surface area contributed by atoms with Crippen LogP contribution in [-0.4, -0.2) is 39.5 Å². The second-order valence-electron chi connectivity index (χ2n) is 8.87. The van der Waals surface area contributed by atoms with Gasteiger partial charge in [0.15, 0.2) is 5.82 Å². The Morgan fingerprint density at radius 3 is 2.70 bits per heavy atom. The molecule has 3 N–H and O–H groups in total. The first-order valence-electron chi connectivity index (χ1n) is 10.6. The van der Waals surface area contributed by atoms with E-state index < -0.39 is 0 Å². The summed E-state index contributed by atoms with van der Waals surface area (Å²) in [4.78, 5) is 24.0. The third-order valence-electron chi connectivity index (χ3n) is 6.02. The summed E-state index contributed by atoms with van der Waals surface area (Å²) >= 11 is 0. The number of carbonyl (C=O) groups is 2. The maximum atomic E-state index is 12.1. The minimum Gasteiger partial charge on any atom is -0.449 e. The molecule has 0 aromatic carbocycles. The standard InChI is InChI=1S/C21H29N5O4/c1-13-9-16(30-26-13)10-19(27)22-18-11-17(24-25-18)15-5-3-14(4-6-15)12-29-20(28)23-21(2)7-8-21/h9,11,14-15H,3-8,10,12H2,1-2H3,(H,23,28)(H2,22,24,25,27). The van der Waals surface area contributed by atoms with Crippen molar-refractivity contribution in [3.8, 4) is 0 Å². The highest BCUT2D eigenvalue weighted by atomic mass is 16.5. The molecule has 2 aliphatic rings. The molecule has 0 radical (unpaired) electrons. The van der Waals surface area contributed by atoms with Gasteiger partial charge in [-0.15, -0.1) is 0 Å². The van der Waals surface area contributed by atoms with Crippen molar-refractivity contribution in [2.75, 3.05) is 11.9 Å². The Morgan fingerprint density at radius 2 is 2.03 bits per heavy atom. The van der Waals surface area contributed by atoms with Gasteiger partial charge in [-0.05, 0) is 58.3 Å². The monoisotopic (exact) mass is 415 g/mol. The number of nitrogens with one attached hydrogen (secondary N) is 3. The lowest BCUT2D eigenvalue weighted by molar-refractivity contribution is -0.115. The summed E-state index contributed by atoms with van der Waals surface area (Å²) in [5.41, 5.74) is 1.73. The first-order valence-corrected chi connectivity index (χ1v) is 10.6. The molecule has 2 fully saturated rings. The van der Waals surface area contributed by atoms with Crippen LogP contribution in [0.2, 0.25) is 0 Å². The van der Waals surface area contributed by atoms with E-state index >= 15 is 0 Å². The minimum absolute atomic E-state index is 0.0454. The smallest absolute Gasteiger partial charge is 0.407 e. The van der Waals surface area contributed by atoms with E-state index in [2.05, 4.69) is 26.0 Å². The predicted molar refractivity (Wildman–Crippen MR) is 109 cm³/mol. The van der Waals surface area contributed by atoms with E-state index in [0.717, 1.165) is 49.9 Å². The zero-order chi connectivity index (χ0) is 21.1. The lowest BCUT2D eigenvalue weighted by Crippen LogP contribution is -2.35. The van der Waals surface area contributed by atoms with Crippen molar-refractivity contribution in [3.63, 3.8) is 0 Å². The van der Waals surface area contributed by atoms with Crippen LogP contribution >= 0.6 is 0 Å². The number of aryl methyl sites for hydroxylation is 1. The molecular formula is C21H29N5O4. The lowest BCUT2D eigenvalue weighted by atomic mass is 9.81. The number of rotatable bonds is 7. The van der Waals surface area contributed by atoms with Gasteiger partial charge in [-0.1, -0.05) is 5.16 Å². The molecule has 0 atom stereocenters. The first kappa shape index (κ1) is 20.4. The Bertz CT molecular complexity index is 893. The number of H-pyrrole nitrogens is 1. The molecule has 2 aromatic rings. The summed E-state index contributed by atoms with van der Waals surface area (Å²) in [5, 5.41) is 16.8. The molecule has 9 heteroatoms. The number of anilines is 1. The van der Waals surface area contributed by atoms with Gasteiger partial charge >= 0.3 is 6.09 Å². The molecule has 2 aliphatic carbocycles. The average Bonchev–Trinajstić information content (AvgIpc) is 3.07. The number of amides is 2. The number of alkyl carbamates (subject to hydrolysis) is 1. The summed E-state index contributed by atoms with van der Waals surface area (Å²) in [6.45, 7) is 4.32. The van der Waals surface area contributed by atoms with Crippen molar-refractivity contribution < 1.29 is 18.8 Å². The Labute approximate surface area is 175 Å². The number of aromatic nitrogens is 3. The van der Waals surface area contributed by atoms with Gasteiger partial charge in [0.1, 0.15) is 5.76 Å². The van der Waals surface area contributed by atoms with Crippen molar-refractivity contribution in [3.05, 3.63) is 29.3 Å². The summed E-state index contributed by atoms with van der Waals surface area (Å²) in [5.74, 6) is 1.62. The number of hydrogen-bond acceptors (Lipinski definition) is 6. The van der Waals surface area contributed by atoms with Crippen molar-refractivity contribution in [2.24, 2.45) is 5.92 Å². The molecule has 30 heavy (non-hydrogen) atoms. The maximum absolute atomic E-state index is 12.1. The fourth-order valence-electron chi connectivity index (χ4n) is 3.88. The van der Waals surface area contributed by atoms with Crippen molar-refractivity contribution >= 4 is 17.8 Å². The van der Waals surface area contributed by atoms with Crippen LogP contribution < -0.4 is 10.6 Å². The second-order valence-corrected chi connectivity index (χ2v) is 8.87. The normalized spacial score (nSPS) is 22.3. The highest BCUT2D eigenvalue weighted by molar-refractivity contribution is 5.91. The lowest BCUT2D eigenvalue weighted by Gasteiger charge is -2.27. The number of aromatic amines is 1. The Balaban J connectivity index is 1.19. The van der Waals surface area contributed by atoms with E-state index in [9.17, 15) is 9.59 Å². The molecule has 2 amide bonds. The fraction of sp³-hybridized carbons (Fsp3) is 0.619. The molecule has 2 heterocycles. The van der Waals surface area contributed by atoms with Crippen LogP contribution in [0.3, 0.4) is 0 Å². The fourth-order valence-corrected chi connectivity index (χ4v) is 3.88. The van der Waals surface area contributed by atoms with Gasteiger partial charge in [-0.25, -0.2) is 4.79 Å². The zero-order valence-corrected chi connectivity index (χ0v) is 17.5. The van der Waals surface area contributed by atoms with Crippen LogP contribution in [0.5, 0.6) is 0 Å². The third kappa shape index (κ3) is 5.40. The van der Waals surface area contributed by atoms with Crippen LogP contribution in [0.15, 0.2) is 16.7 Å². The molecule has 9 nitrogen and oxygen atoms in total.